The fourth-order valence-corrected chi connectivity index (χ4v) is 4.79. The molecule has 3 fully saturated rings. The molecule has 4 aliphatic rings. The Bertz CT molecular complexity index is 957. The maximum atomic E-state index is 13.3. The Morgan fingerprint density at radius 3 is 2.63 bits per heavy atom. The van der Waals surface area contributed by atoms with E-state index in [1.165, 1.54) is 0 Å². The van der Waals surface area contributed by atoms with E-state index in [2.05, 4.69) is 15.3 Å². The van der Waals surface area contributed by atoms with Gasteiger partial charge >= 0.3 is 12.1 Å². The molecule has 2 atom stereocenters. The van der Waals surface area contributed by atoms with Crippen LogP contribution in [0.1, 0.15) is 25.5 Å². The van der Waals surface area contributed by atoms with Crippen LogP contribution in [0.4, 0.5) is 19.1 Å². The molecule has 8 nitrogen and oxygen atoms in total. The fraction of sp³-hybridized carbons (Fsp3) is 0.579. The summed E-state index contributed by atoms with van der Waals surface area (Å²) in [6.07, 6.45) is -2.35. The molecular formula is C19H20F3N5O3. The number of alkyl halides is 3. The maximum absolute atomic E-state index is 13.3. The van der Waals surface area contributed by atoms with Crippen LogP contribution in [0.15, 0.2) is 23.4 Å². The molecule has 1 aromatic rings. The number of nitrogens with zero attached hydrogens (tertiary/aromatic N) is 4. The lowest BCUT2D eigenvalue weighted by Gasteiger charge is -2.62. The highest BCUT2D eigenvalue weighted by atomic mass is 19.4. The average Bonchev–Trinajstić information content (AvgIpc) is 2.92. The lowest BCUT2D eigenvalue weighted by atomic mass is 9.79. The number of rotatable bonds is 2. The van der Waals surface area contributed by atoms with E-state index in [1.807, 2.05) is 0 Å². The Balaban J connectivity index is 1.32. The monoisotopic (exact) mass is 423 g/mol. The van der Waals surface area contributed by atoms with Gasteiger partial charge in [0, 0.05) is 37.7 Å². The lowest BCUT2D eigenvalue weighted by Crippen LogP contribution is -2.80. The molecule has 160 valence electrons. The number of carbonyl (C=O) groups is 2. The third kappa shape index (κ3) is 2.71. The number of nitrogens with one attached hydrogen (secondary N) is 1. The highest BCUT2D eigenvalue weighted by molar-refractivity contribution is 6.07. The zero-order valence-electron chi connectivity index (χ0n) is 16.2. The molecule has 0 aliphatic carbocycles. The Labute approximate surface area is 170 Å². The van der Waals surface area contributed by atoms with Gasteiger partial charge in [0.1, 0.15) is 11.3 Å². The summed E-state index contributed by atoms with van der Waals surface area (Å²) in [6, 6.07) is 0.577. The van der Waals surface area contributed by atoms with Gasteiger partial charge < -0.3 is 19.9 Å². The van der Waals surface area contributed by atoms with Crippen molar-refractivity contribution in [3.63, 3.8) is 0 Å². The van der Waals surface area contributed by atoms with E-state index >= 15 is 0 Å². The SMILES string of the molecule is CC1=C(C(=O)N2CC3C2CN3c2nccc(C(F)(F)F)n2)C2(CCNCC2)OC1=O. The van der Waals surface area contributed by atoms with Gasteiger partial charge in [0.25, 0.3) is 5.91 Å². The zero-order valence-corrected chi connectivity index (χ0v) is 16.2. The van der Waals surface area contributed by atoms with Crippen molar-refractivity contribution in [3.8, 4) is 0 Å². The summed E-state index contributed by atoms with van der Waals surface area (Å²) in [6.45, 7) is 3.64. The third-order valence-electron chi connectivity index (χ3n) is 6.51. The number of likely N-dealkylation sites (tertiary alicyclic amines) is 1. The minimum absolute atomic E-state index is 0.0165. The van der Waals surface area contributed by atoms with E-state index < -0.39 is 23.4 Å². The van der Waals surface area contributed by atoms with Crippen LogP contribution in [0.5, 0.6) is 0 Å². The molecule has 1 amide bonds. The summed E-state index contributed by atoms with van der Waals surface area (Å²) >= 11 is 0. The van der Waals surface area contributed by atoms with Gasteiger partial charge in [-0.05, 0) is 26.1 Å². The molecular weight excluding hydrogens is 403 g/mol. The Hall–Kier alpha value is -2.69. The van der Waals surface area contributed by atoms with Crippen LogP contribution in [-0.2, 0) is 20.5 Å². The van der Waals surface area contributed by atoms with Gasteiger partial charge in [-0.2, -0.15) is 13.2 Å². The number of amides is 1. The molecule has 30 heavy (non-hydrogen) atoms. The van der Waals surface area contributed by atoms with Gasteiger partial charge in [-0.1, -0.05) is 0 Å². The second-order valence-corrected chi connectivity index (χ2v) is 8.12. The average molecular weight is 423 g/mol. The standard InChI is InChI=1S/C19H20F3N5O3/c1-10-14(18(30-16(10)29)3-6-23-7-4-18)15(28)26-8-12-11(26)9-27(12)17-24-5-2-13(25-17)19(20,21)22/h2,5,11-12,23H,3-4,6-9H2,1H3. The predicted octanol–water partition coefficient (Wildman–Crippen LogP) is 0.890. The number of hydrogen-bond donors (Lipinski definition) is 1. The molecule has 5 heterocycles. The molecule has 2 unspecified atom stereocenters. The Morgan fingerprint density at radius 1 is 1.27 bits per heavy atom. The first kappa shape index (κ1) is 19.3. The number of esters is 1. The zero-order chi connectivity index (χ0) is 21.3. The molecule has 0 saturated carbocycles. The molecule has 1 aromatic heterocycles. The molecule has 0 bridgehead atoms. The van der Waals surface area contributed by atoms with Gasteiger partial charge in [-0.15, -0.1) is 0 Å². The van der Waals surface area contributed by atoms with Crippen LogP contribution in [0.2, 0.25) is 0 Å². The van der Waals surface area contributed by atoms with Gasteiger partial charge in [0.15, 0.2) is 0 Å². The van der Waals surface area contributed by atoms with Crippen LogP contribution < -0.4 is 10.2 Å². The summed E-state index contributed by atoms with van der Waals surface area (Å²) < 4.78 is 44.4. The Morgan fingerprint density at radius 2 is 2.00 bits per heavy atom. The quantitative estimate of drug-likeness (QED) is 0.707. The van der Waals surface area contributed by atoms with Gasteiger partial charge in [-0.25, -0.2) is 14.8 Å². The number of anilines is 1. The van der Waals surface area contributed by atoms with Crippen molar-refractivity contribution < 1.29 is 27.5 Å². The number of piperidine rings is 1. The number of hydrogen-bond acceptors (Lipinski definition) is 7. The molecule has 0 aromatic carbocycles. The van der Waals surface area contributed by atoms with Crippen molar-refractivity contribution in [1.82, 2.24) is 20.2 Å². The van der Waals surface area contributed by atoms with Gasteiger partial charge in [0.2, 0.25) is 5.95 Å². The number of halogens is 3. The van der Waals surface area contributed by atoms with Crippen molar-refractivity contribution >= 4 is 17.8 Å². The van der Waals surface area contributed by atoms with E-state index in [-0.39, 0.29) is 23.9 Å². The highest BCUT2D eigenvalue weighted by Gasteiger charge is 2.58. The third-order valence-corrected chi connectivity index (χ3v) is 6.51. The first-order valence-corrected chi connectivity index (χ1v) is 9.84. The van der Waals surface area contributed by atoms with E-state index in [1.54, 1.807) is 16.7 Å². The molecule has 4 aliphatic heterocycles. The molecule has 1 spiro atoms. The van der Waals surface area contributed by atoms with Crippen LogP contribution in [-0.4, -0.2) is 70.6 Å². The highest BCUT2D eigenvalue weighted by Crippen LogP contribution is 2.44. The molecule has 11 heteroatoms. The molecule has 1 N–H and O–H groups in total. The normalized spacial score (nSPS) is 27.5. The number of fused-ring (bicyclic) bond motifs is 1. The van der Waals surface area contributed by atoms with Crippen LogP contribution in [0, 0.1) is 0 Å². The van der Waals surface area contributed by atoms with Crippen molar-refractivity contribution in [2.45, 2.75) is 43.6 Å². The van der Waals surface area contributed by atoms with E-state index in [4.69, 9.17) is 4.74 Å². The number of ether oxygens (including phenoxy) is 1. The fourth-order valence-electron chi connectivity index (χ4n) is 4.79. The Kier molecular flexibility index (Phi) is 4.12. The molecule has 3 saturated heterocycles. The van der Waals surface area contributed by atoms with Gasteiger partial charge in [0.05, 0.1) is 17.7 Å². The van der Waals surface area contributed by atoms with Crippen molar-refractivity contribution in [3.05, 3.63) is 29.1 Å². The van der Waals surface area contributed by atoms with Crippen LogP contribution >= 0.6 is 0 Å². The second kappa shape index (κ2) is 6.40. The van der Waals surface area contributed by atoms with E-state index in [0.717, 1.165) is 12.3 Å². The van der Waals surface area contributed by atoms with E-state index in [0.29, 0.717) is 50.2 Å². The minimum atomic E-state index is -4.54. The summed E-state index contributed by atoms with van der Waals surface area (Å²) in [7, 11) is 0. The summed E-state index contributed by atoms with van der Waals surface area (Å²) in [5.41, 5.74) is -1.08. The molecule has 5 rings (SSSR count). The largest absolute Gasteiger partial charge is 0.450 e. The smallest absolute Gasteiger partial charge is 0.433 e. The topological polar surface area (TPSA) is 87.7 Å². The number of aromatic nitrogens is 2. The summed E-state index contributed by atoms with van der Waals surface area (Å²) in [5, 5.41) is 3.21. The maximum Gasteiger partial charge on any atom is 0.433 e. The molecule has 0 radical (unpaired) electrons. The van der Waals surface area contributed by atoms with Crippen LogP contribution in [0.3, 0.4) is 0 Å². The lowest BCUT2D eigenvalue weighted by molar-refractivity contribution is -0.151. The second-order valence-electron chi connectivity index (χ2n) is 8.12. The first-order valence-electron chi connectivity index (χ1n) is 9.84. The van der Waals surface area contributed by atoms with Crippen LogP contribution in [0.25, 0.3) is 0 Å². The first-order chi connectivity index (χ1) is 14.2. The number of carbonyl (C=O) groups excluding carboxylic acids is 2. The summed E-state index contributed by atoms with van der Waals surface area (Å²) in [4.78, 5) is 36.5. The van der Waals surface area contributed by atoms with Crippen molar-refractivity contribution in [2.24, 2.45) is 0 Å². The van der Waals surface area contributed by atoms with Gasteiger partial charge in [-0.3, -0.25) is 4.79 Å². The predicted molar refractivity (Wildman–Crippen MR) is 97.3 cm³/mol. The number of piperazine rings is 1. The van der Waals surface area contributed by atoms with Crippen molar-refractivity contribution in [1.29, 1.82) is 0 Å². The van der Waals surface area contributed by atoms with Crippen molar-refractivity contribution in [2.75, 3.05) is 31.1 Å². The summed E-state index contributed by atoms with van der Waals surface area (Å²) in [5.74, 6) is -0.654. The van der Waals surface area contributed by atoms with E-state index in [9.17, 15) is 22.8 Å². The minimum Gasteiger partial charge on any atom is -0.450 e.